The Balaban J connectivity index is 1.43. The molecule has 2 aromatic carbocycles. The van der Waals surface area contributed by atoms with Crippen LogP contribution in [-0.4, -0.2) is 22.3 Å². The normalized spacial score (nSPS) is 19.6. The molecule has 3 aromatic rings. The number of carbonyl (C=O) groups excluding carboxylic acids is 1. The SMILES string of the molecule is O=C1c2ccccc2C2SC/C(=N/OCc3ccccc3)c3ccsc3CN12. The van der Waals surface area contributed by atoms with Crippen LogP contribution in [-0.2, 0) is 18.0 Å². The molecule has 28 heavy (non-hydrogen) atoms. The van der Waals surface area contributed by atoms with Gasteiger partial charge in [0.25, 0.3) is 5.91 Å². The predicted octanol–water partition coefficient (Wildman–Crippen LogP) is 5.07. The fourth-order valence-electron chi connectivity index (χ4n) is 3.62. The fourth-order valence-corrected chi connectivity index (χ4v) is 5.77. The first-order valence-electron chi connectivity index (χ1n) is 9.12. The summed E-state index contributed by atoms with van der Waals surface area (Å²) >= 11 is 3.41. The van der Waals surface area contributed by atoms with Gasteiger partial charge in [-0.15, -0.1) is 23.1 Å². The maximum atomic E-state index is 12.9. The van der Waals surface area contributed by atoms with E-state index in [1.165, 1.54) is 0 Å². The van der Waals surface area contributed by atoms with E-state index in [1.807, 2.05) is 53.4 Å². The molecule has 4 nitrogen and oxygen atoms in total. The minimum absolute atomic E-state index is 0.0262. The molecule has 1 aromatic heterocycles. The van der Waals surface area contributed by atoms with Crippen LogP contribution in [0.1, 0.15) is 37.3 Å². The van der Waals surface area contributed by atoms with Crippen molar-refractivity contribution in [2.45, 2.75) is 18.5 Å². The van der Waals surface area contributed by atoms with Crippen molar-refractivity contribution in [1.82, 2.24) is 4.90 Å². The Bertz CT molecular complexity index is 1050. The van der Waals surface area contributed by atoms with Crippen LogP contribution in [0.5, 0.6) is 0 Å². The number of nitrogens with zero attached hydrogens (tertiary/aromatic N) is 2. The van der Waals surface area contributed by atoms with Crippen molar-refractivity contribution in [3.8, 4) is 0 Å². The summed E-state index contributed by atoms with van der Waals surface area (Å²) in [5, 5.41) is 6.57. The lowest BCUT2D eigenvalue weighted by Gasteiger charge is -2.27. The third kappa shape index (κ3) is 3.12. The van der Waals surface area contributed by atoms with Crippen LogP contribution >= 0.6 is 23.1 Å². The number of oxime groups is 1. The number of amides is 1. The molecule has 2 aliphatic rings. The van der Waals surface area contributed by atoms with Gasteiger partial charge in [0.1, 0.15) is 12.0 Å². The largest absolute Gasteiger partial charge is 0.391 e. The molecule has 0 bridgehead atoms. The molecule has 1 unspecified atom stereocenters. The summed E-state index contributed by atoms with van der Waals surface area (Å²) in [5.41, 5.74) is 5.04. The lowest BCUT2D eigenvalue weighted by Crippen LogP contribution is -2.29. The highest BCUT2D eigenvalue weighted by atomic mass is 32.2. The van der Waals surface area contributed by atoms with E-state index >= 15 is 0 Å². The number of carbonyl (C=O) groups is 1. The number of benzene rings is 2. The van der Waals surface area contributed by atoms with E-state index in [0.717, 1.165) is 32.8 Å². The van der Waals surface area contributed by atoms with Gasteiger partial charge in [0, 0.05) is 21.8 Å². The molecule has 1 atom stereocenters. The summed E-state index contributed by atoms with van der Waals surface area (Å²) in [5.74, 6) is 0.814. The second-order valence-corrected chi connectivity index (χ2v) is 8.81. The molecule has 5 rings (SSSR count). The van der Waals surface area contributed by atoms with E-state index in [9.17, 15) is 4.79 Å². The van der Waals surface area contributed by atoms with Gasteiger partial charge >= 0.3 is 0 Å². The van der Waals surface area contributed by atoms with Gasteiger partial charge in [0.2, 0.25) is 0 Å². The van der Waals surface area contributed by atoms with Crippen LogP contribution in [0.25, 0.3) is 0 Å². The molecule has 0 spiro atoms. The van der Waals surface area contributed by atoms with Crippen LogP contribution in [0.15, 0.2) is 71.2 Å². The van der Waals surface area contributed by atoms with E-state index in [4.69, 9.17) is 4.84 Å². The molecular formula is C22H18N2O2S2. The van der Waals surface area contributed by atoms with E-state index in [-0.39, 0.29) is 11.3 Å². The van der Waals surface area contributed by atoms with Crippen molar-refractivity contribution < 1.29 is 9.63 Å². The first-order chi connectivity index (χ1) is 13.8. The highest BCUT2D eigenvalue weighted by Crippen LogP contribution is 2.44. The van der Waals surface area contributed by atoms with Crippen molar-refractivity contribution in [1.29, 1.82) is 0 Å². The molecule has 1 amide bonds. The Kier molecular flexibility index (Phi) is 4.66. The predicted molar refractivity (Wildman–Crippen MR) is 114 cm³/mol. The maximum Gasteiger partial charge on any atom is 0.255 e. The lowest BCUT2D eigenvalue weighted by molar-refractivity contribution is 0.0763. The van der Waals surface area contributed by atoms with Crippen LogP contribution in [0.4, 0.5) is 0 Å². The highest BCUT2D eigenvalue weighted by molar-refractivity contribution is 8.00. The number of hydrogen-bond donors (Lipinski definition) is 0. The molecule has 0 saturated carbocycles. The smallest absolute Gasteiger partial charge is 0.255 e. The van der Waals surface area contributed by atoms with Gasteiger partial charge in [0.05, 0.1) is 12.3 Å². The van der Waals surface area contributed by atoms with Gasteiger partial charge in [0.15, 0.2) is 0 Å². The summed E-state index contributed by atoms with van der Waals surface area (Å²) in [6, 6.07) is 20.1. The van der Waals surface area contributed by atoms with Crippen LogP contribution in [0.3, 0.4) is 0 Å². The topological polar surface area (TPSA) is 41.9 Å². The van der Waals surface area contributed by atoms with Crippen LogP contribution < -0.4 is 0 Å². The highest BCUT2D eigenvalue weighted by Gasteiger charge is 2.38. The van der Waals surface area contributed by atoms with Gasteiger partial charge in [-0.2, -0.15) is 0 Å². The Hall–Kier alpha value is -2.57. The van der Waals surface area contributed by atoms with Crippen LogP contribution in [0.2, 0.25) is 0 Å². The average molecular weight is 407 g/mol. The second-order valence-electron chi connectivity index (χ2n) is 6.74. The zero-order valence-corrected chi connectivity index (χ0v) is 16.7. The third-order valence-corrected chi connectivity index (χ3v) is 7.17. The molecule has 0 N–H and O–H groups in total. The molecule has 3 heterocycles. The molecule has 2 aliphatic heterocycles. The summed E-state index contributed by atoms with van der Waals surface area (Å²) in [7, 11) is 0. The molecule has 0 radical (unpaired) electrons. The monoisotopic (exact) mass is 406 g/mol. The Morgan fingerprint density at radius 1 is 1.04 bits per heavy atom. The van der Waals surface area contributed by atoms with E-state index < -0.39 is 0 Å². The standard InChI is InChI=1S/C22H18N2O2S2/c25-21-16-8-4-5-9-17(16)22-24(21)12-20-18(10-11-27-20)19(14-28-22)23-26-13-15-6-2-1-3-7-15/h1-11,22H,12-14H2/b23-19-. The van der Waals surface area contributed by atoms with Crippen molar-refractivity contribution >= 4 is 34.7 Å². The average Bonchev–Trinajstić information content (AvgIpc) is 3.28. The molecule has 0 fully saturated rings. The zero-order valence-electron chi connectivity index (χ0n) is 15.1. The van der Waals surface area contributed by atoms with Gasteiger partial charge in [-0.25, -0.2) is 0 Å². The summed E-state index contributed by atoms with van der Waals surface area (Å²) < 4.78 is 0. The van der Waals surface area contributed by atoms with E-state index in [2.05, 4.69) is 22.7 Å². The first kappa shape index (κ1) is 17.5. The number of rotatable bonds is 3. The van der Waals surface area contributed by atoms with E-state index in [1.54, 1.807) is 23.1 Å². The third-order valence-electron chi connectivity index (χ3n) is 5.00. The van der Waals surface area contributed by atoms with Gasteiger partial charge in [-0.1, -0.05) is 53.7 Å². The van der Waals surface area contributed by atoms with Crippen LogP contribution in [0, 0.1) is 0 Å². The molecular weight excluding hydrogens is 388 g/mol. The summed E-state index contributed by atoms with van der Waals surface area (Å²) in [6.45, 7) is 1.06. The zero-order chi connectivity index (χ0) is 18.9. The van der Waals surface area contributed by atoms with Crippen molar-refractivity contribution in [3.63, 3.8) is 0 Å². The van der Waals surface area contributed by atoms with Gasteiger partial charge in [-0.05, 0) is 28.6 Å². The lowest BCUT2D eigenvalue weighted by atomic mass is 10.1. The number of thiophene rings is 1. The van der Waals surface area contributed by atoms with Crippen molar-refractivity contribution in [2.75, 3.05) is 5.75 Å². The number of thioether (sulfide) groups is 1. The quantitative estimate of drug-likeness (QED) is 0.570. The summed E-state index contributed by atoms with van der Waals surface area (Å²) in [6.07, 6.45) is 0. The summed E-state index contributed by atoms with van der Waals surface area (Å²) in [4.78, 5) is 21.7. The number of hydrogen-bond acceptors (Lipinski definition) is 5. The molecule has 140 valence electrons. The molecule has 6 heteroatoms. The molecule has 0 aliphatic carbocycles. The Labute approximate surface area is 171 Å². The number of fused-ring (bicyclic) bond motifs is 4. The van der Waals surface area contributed by atoms with E-state index in [0.29, 0.717) is 18.9 Å². The second kappa shape index (κ2) is 7.45. The Morgan fingerprint density at radius 3 is 2.75 bits per heavy atom. The molecule has 0 saturated heterocycles. The fraction of sp³-hybridized carbons (Fsp3) is 0.182. The van der Waals surface area contributed by atoms with Crippen molar-refractivity contribution in [3.05, 3.63) is 93.2 Å². The minimum Gasteiger partial charge on any atom is -0.391 e. The van der Waals surface area contributed by atoms with Gasteiger partial charge < -0.3 is 9.74 Å². The minimum atomic E-state index is 0.0262. The first-order valence-corrected chi connectivity index (χ1v) is 11.0. The maximum absolute atomic E-state index is 12.9. The van der Waals surface area contributed by atoms with Gasteiger partial charge in [-0.3, -0.25) is 4.79 Å². The Morgan fingerprint density at radius 2 is 1.86 bits per heavy atom. The van der Waals surface area contributed by atoms with Crippen molar-refractivity contribution in [2.24, 2.45) is 5.16 Å².